The van der Waals surface area contributed by atoms with E-state index in [1.165, 1.54) is 0 Å². The number of nitrogens with one attached hydrogen (secondary N) is 1. The van der Waals surface area contributed by atoms with Crippen LogP contribution in [0.1, 0.15) is 18.9 Å². The number of hydrogen-bond donors (Lipinski definition) is 1. The van der Waals surface area contributed by atoms with Gasteiger partial charge in [0.1, 0.15) is 10.0 Å². The van der Waals surface area contributed by atoms with Gasteiger partial charge in [-0.2, -0.15) is 0 Å². The zero-order chi connectivity index (χ0) is 13.0. The predicted molar refractivity (Wildman–Crippen MR) is 77.2 cm³/mol. The third-order valence-electron chi connectivity index (χ3n) is 2.46. The Bertz CT molecular complexity index is 510. The molecule has 2 rings (SSSR count). The molecule has 0 unspecified atom stereocenters. The molecular weight excluding hydrogens is 266 g/mol. The van der Waals surface area contributed by atoms with Crippen molar-refractivity contribution in [1.82, 2.24) is 15.5 Å². The first kappa shape index (κ1) is 13.5. The average Bonchev–Trinajstić information content (AvgIpc) is 2.78. The molecule has 0 amide bonds. The maximum absolute atomic E-state index is 6.14. The van der Waals surface area contributed by atoms with Crippen molar-refractivity contribution in [2.45, 2.75) is 26.3 Å². The summed E-state index contributed by atoms with van der Waals surface area (Å²) in [5.41, 5.74) is 0.958. The van der Waals surface area contributed by atoms with Crippen molar-refractivity contribution < 1.29 is 0 Å². The van der Waals surface area contributed by atoms with E-state index in [9.17, 15) is 0 Å². The smallest absolute Gasteiger partial charge is 0.149 e. The van der Waals surface area contributed by atoms with E-state index in [2.05, 4.69) is 29.4 Å². The van der Waals surface area contributed by atoms with Crippen molar-refractivity contribution in [3.8, 4) is 10.6 Å². The molecule has 1 N–H and O–H groups in total. The van der Waals surface area contributed by atoms with Crippen LogP contribution in [0.3, 0.4) is 0 Å². The van der Waals surface area contributed by atoms with Crippen LogP contribution in [0.4, 0.5) is 0 Å². The van der Waals surface area contributed by atoms with Gasteiger partial charge in [-0.3, -0.25) is 0 Å². The van der Waals surface area contributed by atoms with E-state index in [1.807, 2.05) is 24.3 Å². The summed E-state index contributed by atoms with van der Waals surface area (Å²) in [6, 6.07) is 8.22. The molecule has 0 spiro atoms. The third-order valence-corrected chi connectivity index (χ3v) is 3.81. The SMILES string of the molecule is CC(C)NCCc1nnc(-c2ccccc2Cl)s1. The molecule has 3 nitrogen and oxygen atoms in total. The molecule has 0 aliphatic carbocycles. The molecule has 0 saturated heterocycles. The number of nitrogens with zero attached hydrogens (tertiary/aromatic N) is 2. The Balaban J connectivity index is 2.04. The second-order valence-corrected chi connectivity index (χ2v) is 5.81. The van der Waals surface area contributed by atoms with E-state index >= 15 is 0 Å². The van der Waals surface area contributed by atoms with Crippen LogP contribution in [0.2, 0.25) is 5.02 Å². The van der Waals surface area contributed by atoms with Gasteiger partial charge in [0.05, 0.1) is 5.02 Å². The summed E-state index contributed by atoms with van der Waals surface area (Å²) >= 11 is 7.75. The van der Waals surface area contributed by atoms with Crippen LogP contribution >= 0.6 is 22.9 Å². The second-order valence-electron chi connectivity index (χ2n) is 4.34. The van der Waals surface area contributed by atoms with Gasteiger partial charge in [-0.1, -0.05) is 55.0 Å². The first-order valence-electron chi connectivity index (χ1n) is 5.97. The summed E-state index contributed by atoms with van der Waals surface area (Å²) in [5, 5.41) is 14.4. The van der Waals surface area contributed by atoms with Gasteiger partial charge < -0.3 is 5.32 Å². The summed E-state index contributed by atoms with van der Waals surface area (Å²) in [5.74, 6) is 0. The molecule has 0 radical (unpaired) electrons. The zero-order valence-electron chi connectivity index (χ0n) is 10.5. The molecule has 0 bridgehead atoms. The predicted octanol–water partition coefficient (Wildman–Crippen LogP) is 3.40. The van der Waals surface area contributed by atoms with Crippen molar-refractivity contribution in [1.29, 1.82) is 0 Å². The number of hydrogen-bond acceptors (Lipinski definition) is 4. The highest BCUT2D eigenvalue weighted by molar-refractivity contribution is 7.14. The zero-order valence-corrected chi connectivity index (χ0v) is 12.1. The molecule has 0 saturated carbocycles. The minimum absolute atomic E-state index is 0.501. The van der Waals surface area contributed by atoms with Gasteiger partial charge in [-0.15, -0.1) is 10.2 Å². The molecule has 0 atom stereocenters. The van der Waals surface area contributed by atoms with Crippen LogP contribution in [0, 0.1) is 0 Å². The van der Waals surface area contributed by atoms with Gasteiger partial charge in [0.15, 0.2) is 0 Å². The summed E-state index contributed by atoms with van der Waals surface area (Å²) in [6.45, 7) is 5.19. The number of aromatic nitrogens is 2. The lowest BCUT2D eigenvalue weighted by Crippen LogP contribution is -2.24. The Labute approximate surface area is 116 Å². The third kappa shape index (κ3) is 3.51. The molecule has 2 aromatic rings. The standard InChI is InChI=1S/C13H16ClN3S/c1-9(2)15-8-7-12-16-17-13(18-12)10-5-3-4-6-11(10)14/h3-6,9,15H,7-8H2,1-2H3. The van der Waals surface area contributed by atoms with E-state index in [0.717, 1.165) is 33.6 Å². The summed E-state index contributed by atoms with van der Waals surface area (Å²) in [7, 11) is 0. The minimum atomic E-state index is 0.501. The van der Waals surface area contributed by atoms with Crippen LogP contribution in [0.25, 0.3) is 10.6 Å². The number of halogens is 1. The fourth-order valence-electron chi connectivity index (χ4n) is 1.57. The summed E-state index contributed by atoms with van der Waals surface area (Å²) in [6.07, 6.45) is 0.903. The topological polar surface area (TPSA) is 37.8 Å². The van der Waals surface area contributed by atoms with Gasteiger partial charge in [0.25, 0.3) is 0 Å². The highest BCUT2D eigenvalue weighted by Crippen LogP contribution is 2.29. The lowest BCUT2D eigenvalue weighted by atomic mass is 10.2. The van der Waals surface area contributed by atoms with E-state index in [4.69, 9.17) is 11.6 Å². The van der Waals surface area contributed by atoms with E-state index in [-0.39, 0.29) is 0 Å². The van der Waals surface area contributed by atoms with Crippen LogP contribution in [-0.4, -0.2) is 22.8 Å². The highest BCUT2D eigenvalue weighted by Gasteiger charge is 2.09. The molecule has 18 heavy (non-hydrogen) atoms. The highest BCUT2D eigenvalue weighted by atomic mass is 35.5. The van der Waals surface area contributed by atoms with Gasteiger partial charge in [0.2, 0.25) is 0 Å². The fourth-order valence-corrected chi connectivity index (χ4v) is 2.73. The number of benzene rings is 1. The Morgan fingerprint density at radius 1 is 1.28 bits per heavy atom. The van der Waals surface area contributed by atoms with Crippen molar-refractivity contribution in [2.75, 3.05) is 6.54 Å². The van der Waals surface area contributed by atoms with Crippen LogP contribution in [-0.2, 0) is 6.42 Å². The maximum atomic E-state index is 6.14. The monoisotopic (exact) mass is 281 g/mol. The normalized spacial score (nSPS) is 11.1. The molecule has 0 aliphatic rings. The molecule has 0 aliphatic heterocycles. The number of rotatable bonds is 5. The van der Waals surface area contributed by atoms with Crippen molar-refractivity contribution in [3.05, 3.63) is 34.3 Å². The van der Waals surface area contributed by atoms with Gasteiger partial charge in [-0.05, 0) is 6.07 Å². The van der Waals surface area contributed by atoms with Gasteiger partial charge in [-0.25, -0.2) is 0 Å². The Morgan fingerprint density at radius 2 is 2.06 bits per heavy atom. The van der Waals surface area contributed by atoms with Crippen LogP contribution in [0.5, 0.6) is 0 Å². The first-order valence-corrected chi connectivity index (χ1v) is 7.17. The summed E-state index contributed by atoms with van der Waals surface area (Å²) < 4.78 is 0. The Hall–Kier alpha value is -0.970. The molecule has 1 aromatic heterocycles. The lowest BCUT2D eigenvalue weighted by molar-refractivity contribution is 0.588. The minimum Gasteiger partial charge on any atom is -0.314 e. The van der Waals surface area contributed by atoms with Crippen molar-refractivity contribution >= 4 is 22.9 Å². The average molecular weight is 282 g/mol. The van der Waals surface area contributed by atoms with E-state index in [0.29, 0.717) is 6.04 Å². The van der Waals surface area contributed by atoms with E-state index < -0.39 is 0 Å². The van der Waals surface area contributed by atoms with Gasteiger partial charge in [0, 0.05) is 24.6 Å². The molecule has 96 valence electrons. The molecule has 0 fully saturated rings. The molecule has 1 heterocycles. The maximum Gasteiger partial charge on any atom is 0.149 e. The van der Waals surface area contributed by atoms with E-state index in [1.54, 1.807) is 11.3 Å². The molecule has 1 aromatic carbocycles. The fraction of sp³-hybridized carbons (Fsp3) is 0.385. The quantitative estimate of drug-likeness (QED) is 0.913. The molecule has 5 heteroatoms. The Kier molecular flexibility index (Phi) is 4.69. The van der Waals surface area contributed by atoms with Crippen LogP contribution < -0.4 is 5.32 Å². The second kappa shape index (κ2) is 6.27. The first-order chi connectivity index (χ1) is 8.66. The largest absolute Gasteiger partial charge is 0.314 e. The van der Waals surface area contributed by atoms with Gasteiger partial charge >= 0.3 is 0 Å². The molecular formula is C13H16ClN3S. The van der Waals surface area contributed by atoms with Crippen LogP contribution in [0.15, 0.2) is 24.3 Å². The van der Waals surface area contributed by atoms with Crippen molar-refractivity contribution in [3.63, 3.8) is 0 Å². The van der Waals surface area contributed by atoms with Crippen molar-refractivity contribution in [2.24, 2.45) is 0 Å². The lowest BCUT2D eigenvalue weighted by Gasteiger charge is -2.05. The Morgan fingerprint density at radius 3 is 2.78 bits per heavy atom. The summed E-state index contributed by atoms with van der Waals surface area (Å²) in [4.78, 5) is 0.